The molecule has 5 rings (SSSR count). The lowest BCUT2D eigenvalue weighted by Gasteiger charge is -2.32. The fourth-order valence-corrected chi connectivity index (χ4v) is 4.12. The highest BCUT2D eigenvalue weighted by Gasteiger charge is 2.52. The smallest absolute Gasteiger partial charge is 0.399 e. The van der Waals surface area contributed by atoms with Crippen LogP contribution in [0.4, 0.5) is 0 Å². The molecule has 150 valence electrons. The van der Waals surface area contributed by atoms with Crippen molar-refractivity contribution in [2.24, 2.45) is 0 Å². The van der Waals surface area contributed by atoms with Crippen molar-refractivity contribution in [2.45, 2.75) is 38.9 Å². The molecule has 0 unspecified atom stereocenters. The standard InChI is InChI=1S/C26H26BNO2/c1-25(2)26(3,4)30-27(29-25)23-17-11-16-21-22(23)18-28(20-14-9-6-10-15-20)24(21)19-12-7-5-8-13-19/h5-18H,1-4H3. The van der Waals surface area contributed by atoms with Crippen molar-refractivity contribution >= 4 is 23.4 Å². The van der Waals surface area contributed by atoms with Gasteiger partial charge in [0.1, 0.15) is 0 Å². The van der Waals surface area contributed by atoms with Gasteiger partial charge in [-0.2, -0.15) is 0 Å². The van der Waals surface area contributed by atoms with Gasteiger partial charge in [0.25, 0.3) is 0 Å². The first-order valence-corrected chi connectivity index (χ1v) is 10.5. The fourth-order valence-electron chi connectivity index (χ4n) is 4.12. The molecule has 4 aromatic rings. The number of para-hydroxylation sites is 1. The molecule has 0 amide bonds. The molecule has 0 aliphatic carbocycles. The number of aromatic nitrogens is 1. The molecular weight excluding hydrogens is 369 g/mol. The van der Waals surface area contributed by atoms with E-state index in [1.54, 1.807) is 0 Å². The van der Waals surface area contributed by atoms with Crippen LogP contribution < -0.4 is 5.46 Å². The van der Waals surface area contributed by atoms with Crippen LogP contribution in [0.5, 0.6) is 0 Å². The van der Waals surface area contributed by atoms with Crippen LogP contribution in [0.25, 0.3) is 27.7 Å². The molecule has 1 aliphatic heterocycles. The van der Waals surface area contributed by atoms with E-state index in [1.165, 1.54) is 16.6 Å². The Morgan fingerprint density at radius 1 is 0.667 bits per heavy atom. The Morgan fingerprint density at radius 2 is 1.27 bits per heavy atom. The lowest BCUT2D eigenvalue weighted by molar-refractivity contribution is 0.00578. The van der Waals surface area contributed by atoms with Crippen LogP contribution in [0.1, 0.15) is 27.7 Å². The average Bonchev–Trinajstić information content (AvgIpc) is 3.23. The monoisotopic (exact) mass is 395 g/mol. The maximum atomic E-state index is 6.39. The molecule has 0 N–H and O–H groups in total. The van der Waals surface area contributed by atoms with Gasteiger partial charge in [-0.25, -0.2) is 0 Å². The lowest BCUT2D eigenvalue weighted by atomic mass is 9.76. The number of benzene rings is 3. The first-order chi connectivity index (χ1) is 14.4. The van der Waals surface area contributed by atoms with Gasteiger partial charge in [-0.1, -0.05) is 66.7 Å². The van der Waals surface area contributed by atoms with Crippen LogP contribution in [-0.2, 0) is 9.31 Å². The van der Waals surface area contributed by atoms with Crippen molar-refractivity contribution in [3.8, 4) is 16.9 Å². The highest BCUT2D eigenvalue weighted by molar-refractivity contribution is 6.65. The summed E-state index contributed by atoms with van der Waals surface area (Å²) in [7, 11) is -0.394. The van der Waals surface area contributed by atoms with Crippen LogP contribution in [-0.4, -0.2) is 22.9 Å². The minimum atomic E-state index is -0.394. The van der Waals surface area contributed by atoms with E-state index < -0.39 is 7.12 Å². The summed E-state index contributed by atoms with van der Waals surface area (Å²) in [6.07, 6.45) is 2.22. The van der Waals surface area contributed by atoms with E-state index in [9.17, 15) is 0 Å². The maximum absolute atomic E-state index is 6.39. The summed E-state index contributed by atoms with van der Waals surface area (Å²) >= 11 is 0. The third kappa shape index (κ3) is 2.99. The van der Waals surface area contributed by atoms with Gasteiger partial charge < -0.3 is 13.9 Å². The first-order valence-electron chi connectivity index (χ1n) is 10.5. The lowest BCUT2D eigenvalue weighted by Crippen LogP contribution is -2.41. The maximum Gasteiger partial charge on any atom is 0.495 e. The zero-order valence-electron chi connectivity index (χ0n) is 17.9. The Kier molecular flexibility index (Phi) is 4.39. The van der Waals surface area contributed by atoms with E-state index in [0.29, 0.717) is 0 Å². The second kappa shape index (κ2) is 6.87. The van der Waals surface area contributed by atoms with Gasteiger partial charge in [-0.15, -0.1) is 0 Å². The van der Waals surface area contributed by atoms with E-state index in [-0.39, 0.29) is 11.2 Å². The largest absolute Gasteiger partial charge is 0.495 e. The minimum Gasteiger partial charge on any atom is -0.399 e. The van der Waals surface area contributed by atoms with Crippen molar-refractivity contribution in [3.63, 3.8) is 0 Å². The van der Waals surface area contributed by atoms with Gasteiger partial charge in [0.15, 0.2) is 0 Å². The molecule has 2 heterocycles. The van der Waals surface area contributed by atoms with E-state index in [0.717, 1.165) is 16.5 Å². The number of hydrogen-bond donors (Lipinski definition) is 0. The Hall–Kier alpha value is -2.82. The molecule has 4 heteroatoms. The highest BCUT2D eigenvalue weighted by atomic mass is 16.7. The van der Waals surface area contributed by atoms with Crippen molar-refractivity contribution in [1.82, 2.24) is 4.57 Å². The summed E-state index contributed by atoms with van der Waals surface area (Å²) in [5.41, 5.74) is 3.82. The van der Waals surface area contributed by atoms with Gasteiger partial charge >= 0.3 is 7.12 Å². The predicted octanol–water partition coefficient (Wildman–Crippen LogP) is 5.60. The van der Waals surface area contributed by atoms with Gasteiger partial charge in [0.05, 0.1) is 16.9 Å². The van der Waals surface area contributed by atoms with Crippen LogP contribution >= 0.6 is 0 Å². The SMILES string of the molecule is CC1(C)OB(c2cccc3c(-c4ccccc4)n(-c4ccccc4)cc23)OC1(C)C. The van der Waals surface area contributed by atoms with Gasteiger partial charge in [-0.05, 0) is 50.9 Å². The minimum absolute atomic E-state index is 0.371. The Morgan fingerprint density at radius 3 is 1.90 bits per heavy atom. The zero-order chi connectivity index (χ0) is 20.9. The summed E-state index contributed by atoms with van der Waals surface area (Å²) in [4.78, 5) is 0. The van der Waals surface area contributed by atoms with Crippen LogP contribution in [0.15, 0.2) is 85.1 Å². The summed E-state index contributed by atoms with van der Waals surface area (Å²) in [6, 6.07) is 27.4. The second-order valence-corrected chi connectivity index (χ2v) is 8.95. The summed E-state index contributed by atoms with van der Waals surface area (Å²) in [6.45, 7) is 8.38. The molecular formula is C26H26BNO2. The molecule has 0 saturated carbocycles. The average molecular weight is 395 g/mol. The first kappa shape index (κ1) is 19.2. The van der Waals surface area contributed by atoms with Crippen molar-refractivity contribution in [2.75, 3.05) is 0 Å². The van der Waals surface area contributed by atoms with Crippen molar-refractivity contribution in [3.05, 3.63) is 85.1 Å². The molecule has 0 radical (unpaired) electrons. The summed E-state index contributed by atoms with van der Waals surface area (Å²) in [5, 5.41) is 2.34. The number of hydrogen-bond acceptors (Lipinski definition) is 2. The predicted molar refractivity (Wildman–Crippen MR) is 124 cm³/mol. The molecule has 1 fully saturated rings. The van der Waals surface area contributed by atoms with Gasteiger partial charge in [0.2, 0.25) is 0 Å². The van der Waals surface area contributed by atoms with Crippen LogP contribution in [0.2, 0.25) is 0 Å². The van der Waals surface area contributed by atoms with Gasteiger partial charge in [0, 0.05) is 22.7 Å². The molecule has 3 aromatic carbocycles. The molecule has 1 saturated heterocycles. The zero-order valence-corrected chi connectivity index (χ0v) is 17.9. The summed E-state index contributed by atoms with van der Waals surface area (Å²) < 4.78 is 15.0. The fraction of sp³-hybridized carbons (Fsp3) is 0.231. The molecule has 0 bridgehead atoms. The van der Waals surface area contributed by atoms with Crippen LogP contribution in [0.3, 0.4) is 0 Å². The molecule has 1 aliphatic rings. The number of nitrogens with zero attached hydrogens (tertiary/aromatic N) is 1. The third-order valence-corrected chi connectivity index (χ3v) is 6.48. The third-order valence-electron chi connectivity index (χ3n) is 6.48. The Labute approximate surface area is 178 Å². The molecule has 0 atom stereocenters. The van der Waals surface area contributed by atoms with Crippen molar-refractivity contribution in [1.29, 1.82) is 0 Å². The quantitative estimate of drug-likeness (QED) is 0.422. The normalized spacial score (nSPS) is 17.5. The van der Waals surface area contributed by atoms with Gasteiger partial charge in [-0.3, -0.25) is 0 Å². The molecule has 30 heavy (non-hydrogen) atoms. The Bertz CT molecular complexity index is 1180. The number of fused-ring (bicyclic) bond motifs is 1. The van der Waals surface area contributed by atoms with Crippen LogP contribution in [0, 0.1) is 0 Å². The summed E-state index contributed by atoms with van der Waals surface area (Å²) in [5.74, 6) is 0. The van der Waals surface area contributed by atoms with Crippen molar-refractivity contribution < 1.29 is 9.31 Å². The molecule has 0 spiro atoms. The van der Waals surface area contributed by atoms with E-state index in [2.05, 4.69) is 111 Å². The second-order valence-electron chi connectivity index (χ2n) is 8.95. The highest BCUT2D eigenvalue weighted by Crippen LogP contribution is 2.38. The van der Waals surface area contributed by atoms with E-state index in [1.807, 2.05) is 6.07 Å². The molecule has 3 nitrogen and oxygen atoms in total. The molecule has 1 aromatic heterocycles. The van der Waals surface area contributed by atoms with E-state index >= 15 is 0 Å². The Balaban J connectivity index is 1.75. The topological polar surface area (TPSA) is 23.4 Å². The van der Waals surface area contributed by atoms with E-state index in [4.69, 9.17) is 9.31 Å². The number of rotatable bonds is 3.